The Morgan fingerprint density at radius 1 is 0.957 bits per heavy atom. The van der Waals surface area contributed by atoms with Crippen LogP contribution in [0, 0.1) is 0 Å². The van der Waals surface area contributed by atoms with Crippen molar-refractivity contribution in [2.75, 3.05) is 5.43 Å². The molecule has 0 saturated heterocycles. The molecule has 0 radical (unpaired) electrons. The average molecular weight is 388 g/mol. The van der Waals surface area contributed by atoms with Crippen LogP contribution >= 0.6 is 27.5 Å². The minimum atomic E-state index is -0.318. The summed E-state index contributed by atoms with van der Waals surface area (Å²) in [5.41, 5.74) is 4.03. The predicted octanol–water partition coefficient (Wildman–Crippen LogP) is 5.45. The number of ketones is 1. The van der Waals surface area contributed by atoms with Gasteiger partial charge in [-0.1, -0.05) is 63.9 Å². The SMILES string of the molecule is O=C(/C(Cl)=N/Nc1ccc(Br)cc1)c1ccc2ccccc2c1. The van der Waals surface area contributed by atoms with E-state index < -0.39 is 0 Å². The number of hydrazone groups is 1. The third-order valence-electron chi connectivity index (χ3n) is 3.33. The van der Waals surface area contributed by atoms with Crippen LogP contribution in [0.25, 0.3) is 10.8 Å². The van der Waals surface area contributed by atoms with Crippen LogP contribution in [0.15, 0.2) is 76.3 Å². The zero-order valence-corrected chi connectivity index (χ0v) is 14.3. The number of Topliss-reactive ketones (excluding diaryl/α,β-unsaturated/α-hetero) is 1. The number of rotatable bonds is 4. The molecule has 0 aliphatic heterocycles. The molecule has 23 heavy (non-hydrogen) atoms. The van der Waals surface area contributed by atoms with Crippen LogP contribution in [-0.4, -0.2) is 11.0 Å². The quantitative estimate of drug-likeness (QED) is 0.367. The van der Waals surface area contributed by atoms with Gasteiger partial charge in [-0.25, -0.2) is 0 Å². The number of nitrogens with one attached hydrogen (secondary N) is 1. The third kappa shape index (κ3) is 3.78. The Kier molecular flexibility index (Phi) is 4.74. The highest BCUT2D eigenvalue weighted by atomic mass is 79.9. The largest absolute Gasteiger partial charge is 0.286 e. The highest BCUT2D eigenvalue weighted by molar-refractivity contribution is 9.10. The molecule has 0 fully saturated rings. The Bertz CT molecular complexity index is 891. The van der Waals surface area contributed by atoms with Crippen molar-refractivity contribution in [1.29, 1.82) is 0 Å². The number of carbonyl (C=O) groups excluding carboxylic acids is 1. The van der Waals surface area contributed by atoms with Crippen LogP contribution in [-0.2, 0) is 0 Å². The first-order valence-electron chi connectivity index (χ1n) is 6.92. The summed E-state index contributed by atoms with van der Waals surface area (Å²) in [6, 6.07) is 20.7. The molecule has 0 amide bonds. The van der Waals surface area contributed by atoms with Crippen molar-refractivity contribution in [2.45, 2.75) is 0 Å². The molecule has 0 saturated carbocycles. The second kappa shape index (κ2) is 6.94. The molecule has 0 heterocycles. The van der Waals surface area contributed by atoms with Crippen molar-refractivity contribution < 1.29 is 4.79 Å². The second-order valence-corrected chi connectivity index (χ2v) is 6.19. The zero-order valence-electron chi connectivity index (χ0n) is 12.0. The summed E-state index contributed by atoms with van der Waals surface area (Å²) >= 11 is 9.38. The van der Waals surface area contributed by atoms with E-state index in [2.05, 4.69) is 26.5 Å². The Hall–Kier alpha value is -2.17. The molecular formula is C18H12BrClN2O. The Labute approximate surface area is 147 Å². The van der Waals surface area contributed by atoms with E-state index >= 15 is 0 Å². The molecule has 5 heteroatoms. The van der Waals surface area contributed by atoms with Gasteiger partial charge < -0.3 is 0 Å². The monoisotopic (exact) mass is 386 g/mol. The van der Waals surface area contributed by atoms with Gasteiger partial charge in [-0.15, -0.1) is 0 Å². The smallest absolute Gasteiger partial charge is 0.224 e. The van der Waals surface area contributed by atoms with Crippen LogP contribution in [0.3, 0.4) is 0 Å². The first kappa shape index (κ1) is 15.7. The average Bonchev–Trinajstić information content (AvgIpc) is 2.60. The minimum Gasteiger partial charge on any atom is -0.286 e. The van der Waals surface area contributed by atoms with Crippen molar-refractivity contribution >= 4 is 54.9 Å². The van der Waals surface area contributed by atoms with Crippen LogP contribution in [0.5, 0.6) is 0 Å². The van der Waals surface area contributed by atoms with Gasteiger partial charge in [0.2, 0.25) is 5.78 Å². The van der Waals surface area contributed by atoms with Crippen molar-refractivity contribution in [3.8, 4) is 0 Å². The molecular weight excluding hydrogens is 376 g/mol. The van der Waals surface area contributed by atoms with Crippen LogP contribution < -0.4 is 5.43 Å². The Morgan fingerprint density at radius 3 is 2.39 bits per heavy atom. The van der Waals surface area contributed by atoms with E-state index in [1.54, 1.807) is 6.07 Å². The molecule has 3 rings (SSSR count). The fraction of sp³-hybridized carbons (Fsp3) is 0. The van der Waals surface area contributed by atoms with Gasteiger partial charge in [0.15, 0.2) is 5.17 Å². The van der Waals surface area contributed by atoms with Gasteiger partial charge in [0.1, 0.15) is 0 Å². The number of hydrogen-bond acceptors (Lipinski definition) is 3. The maximum Gasteiger partial charge on any atom is 0.224 e. The summed E-state index contributed by atoms with van der Waals surface area (Å²) in [7, 11) is 0. The van der Waals surface area contributed by atoms with E-state index in [4.69, 9.17) is 11.6 Å². The second-order valence-electron chi connectivity index (χ2n) is 4.91. The van der Waals surface area contributed by atoms with Crippen molar-refractivity contribution in [3.63, 3.8) is 0 Å². The summed E-state index contributed by atoms with van der Waals surface area (Å²) in [6.45, 7) is 0. The number of carbonyl (C=O) groups is 1. The normalized spacial score (nSPS) is 11.5. The summed E-state index contributed by atoms with van der Waals surface area (Å²) in [5, 5.41) is 5.90. The molecule has 114 valence electrons. The standard InChI is InChI=1S/C18H12BrClN2O/c19-15-7-9-16(10-8-15)21-22-18(20)17(23)14-6-5-12-3-1-2-4-13(12)11-14/h1-11,21H/b22-18-. The number of hydrogen-bond donors (Lipinski definition) is 1. The lowest BCUT2D eigenvalue weighted by Gasteiger charge is -2.03. The van der Waals surface area contributed by atoms with E-state index in [0.29, 0.717) is 5.56 Å². The number of anilines is 1. The van der Waals surface area contributed by atoms with Crippen LogP contribution in [0.1, 0.15) is 10.4 Å². The Balaban J connectivity index is 1.79. The zero-order chi connectivity index (χ0) is 16.2. The van der Waals surface area contributed by atoms with Gasteiger partial charge in [-0.3, -0.25) is 10.2 Å². The summed E-state index contributed by atoms with van der Waals surface area (Å²) in [5.74, 6) is -0.318. The maximum absolute atomic E-state index is 12.4. The molecule has 0 bridgehead atoms. The summed E-state index contributed by atoms with van der Waals surface area (Å²) in [4.78, 5) is 12.4. The molecule has 3 aromatic carbocycles. The number of benzene rings is 3. The summed E-state index contributed by atoms with van der Waals surface area (Å²) < 4.78 is 0.963. The fourth-order valence-electron chi connectivity index (χ4n) is 2.14. The van der Waals surface area contributed by atoms with Crippen molar-refractivity contribution in [1.82, 2.24) is 0 Å². The fourth-order valence-corrected chi connectivity index (χ4v) is 2.55. The molecule has 0 atom stereocenters. The molecule has 3 aromatic rings. The predicted molar refractivity (Wildman–Crippen MR) is 99.3 cm³/mol. The number of halogens is 2. The number of nitrogens with zero attached hydrogens (tertiary/aromatic N) is 1. The van der Waals surface area contributed by atoms with E-state index in [1.165, 1.54) is 0 Å². The lowest BCUT2D eigenvalue weighted by molar-refractivity contribution is 0.106. The topological polar surface area (TPSA) is 41.5 Å². The highest BCUT2D eigenvalue weighted by Gasteiger charge is 2.12. The van der Waals surface area contributed by atoms with Gasteiger partial charge in [0.25, 0.3) is 0 Å². The van der Waals surface area contributed by atoms with E-state index in [1.807, 2.05) is 60.7 Å². The lowest BCUT2D eigenvalue weighted by Crippen LogP contribution is -2.10. The maximum atomic E-state index is 12.4. The van der Waals surface area contributed by atoms with Crippen LogP contribution in [0.2, 0.25) is 0 Å². The third-order valence-corrected chi connectivity index (χ3v) is 4.11. The van der Waals surface area contributed by atoms with Crippen molar-refractivity contribution in [2.24, 2.45) is 5.10 Å². The first-order valence-corrected chi connectivity index (χ1v) is 8.09. The van der Waals surface area contributed by atoms with Gasteiger partial charge in [0.05, 0.1) is 5.69 Å². The minimum absolute atomic E-state index is 0.108. The highest BCUT2D eigenvalue weighted by Crippen LogP contribution is 2.17. The van der Waals surface area contributed by atoms with Crippen molar-refractivity contribution in [3.05, 3.63) is 76.8 Å². The Morgan fingerprint density at radius 2 is 1.65 bits per heavy atom. The van der Waals surface area contributed by atoms with Gasteiger partial charge in [-0.05, 0) is 41.1 Å². The molecule has 0 aliphatic rings. The van der Waals surface area contributed by atoms with Gasteiger partial charge in [0, 0.05) is 10.0 Å². The molecule has 0 aromatic heterocycles. The molecule has 1 N–H and O–H groups in total. The van der Waals surface area contributed by atoms with Gasteiger partial charge in [-0.2, -0.15) is 5.10 Å². The molecule has 0 spiro atoms. The van der Waals surface area contributed by atoms with Crippen LogP contribution in [0.4, 0.5) is 5.69 Å². The van der Waals surface area contributed by atoms with E-state index in [0.717, 1.165) is 20.9 Å². The molecule has 3 nitrogen and oxygen atoms in total. The number of fused-ring (bicyclic) bond motifs is 1. The van der Waals surface area contributed by atoms with Gasteiger partial charge >= 0.3 is 0 Å². The first-order chi connectivity index (χ1) is 11.1. The summed E-state index contributed by atoms with van der Waals surface area (Å²) in [6.07, 6.45) is 0. The van der Waals surface area contributed by atoms with E-state index in [9.17, 15) is 4.79 Å². The molecule has 0 unspecified atom stereocenters. The van der Waals surface area contributed by atoms with E-state index in [-0.39, 0.29) is 11.0 Å². The molecule has 0 aliphatic carbocycles. The lowest BCUT2D eigenvalue weighted by atomic mass is 10.0.